The van der Waals surface area contributed by atoms with E-state index in [4.69, 9.17) is 5.11 Å². The molecule has 0 saturated carbocycles. The van der Waals surface area contributed by atoms with Gasteiger partial charge in [-0.2, -0.15) is 0 Å². The first-order valence-corrected chi connectivity index (χ1v) is 4.24. The van der Waals surface area contributed by atoms with Crippen LogP contribution >= 0.6 is 12.4 Å². The molecule has 0 fully saturated rings. The van der Waals surface area contributed by atoms with Gasteiger partial charge in [-0.25, -0.2) is 14.8 Å². The van der Waals surface area contributed by atoms with Gasteiger partial charge in [-0.05, 0) is 12.1 Å². The van der Waals surface area contributed by atoms with Gasteiger partial charge in [0.2, 0.25) is 0 Å². The van der Waals surface area contributed by atoms with E-state index in [0.717, 1.165) is 0 Å². The average Bonchev–Trinajstić information content (AvgIpc) is 2.30. The Balaban J connectivity index is 0.00000128. The van der Waals surface area contributed by atoms with Crippen molar-refractivity contribution in [2.45, 2.75) is 0 Å². The van der Waals surface area contributed by atoms with Gasteiger partial charge in [-0.15, -0.1) is 12.4 Å². The molecule has 0 radical (unpaired) electrons. The SMILES string of the molecule is Cl.O=C(O)c1cnc(-c2ccccn2)nc1. The van der Waals surface area contributed by atoms with Crippen molar-refractivity contribution in [2.24, 2.45) is 0 Å². The number of halogens is 1. The van der Waals surface area contributed by atoms with Crippen LogP contribution in [-0.4, -0.2) is 26.0 Å². The maximum atomic E-state index is 10.6. The van der Waals surface area contributed by atoms with Gasteiger partial charge in [-0.3, -0.25) is 4.98 Å². The third-order valence-corrected chi connectivity index (χ3v) is 1.79. The molecule has 0 unspecified atom stereocenters. The molecule has 0 atom stereocenters. The van der Waals surface area contributed by atoms with Crippen LogP contribution in [-0.2, 0) is 0 Å². The minimum atomic E-state index is -1.04. The molecule has 0 aliphatic rings. The minimum Gasteiger partial charge on any atom is -0.478 e. The number of carboxylic acid groups (broad SMARTS) is 1. The lowest BCUT2D eigenvalue weighted by Crippen LogP contribution is -1.99. The molecule has 0 aromatic carbocycles. The van der Waals surface area contributed by atoms with Crippen molar-refractivity contribution in [3.63, 3.8) is 0 Å². The molecule has 16 heavy (non-hydrogen) atoms. The van der Waals surface area contributed by atoms with E-state index in [9.17, 15) is 4.79 Å². The Morgan fingerprint density at radius 3 is 2.31 bits per heavy atom. The second-order valence-electron chi connectivity index (χ2n) is 2.82. The normalized spacial score (nSPS) is 9.25. The summed E-state index contributed by atoms with van der Waals surface area (Å²) in [6, 6.07) is 5.36. The van der Waals surface area contributed by atoms with Crippen LogP contribution in [0.4, 0.5) is 0 Å². The van der Waals surface area contributed by atoms with Gasteiger partial charge >= 0.3 is 5.97 Å². The van der Waals surface area contributed by atoms with Crippen molar-refractivity contribution >= 4 is 18.4 Å². The van der Waals surface area contributed by atoms with E-state index in [1.165, 1.54) is 12.4 Å². The van der Waals surface area contributed by atoms with E-state index < -0.39 is 5.97 Å². The number of aromatic nitrogens is 3. The van der Waals surface area contributed by atoms with E-state index in [1.54, 1.807) is 18.3 Å². The fourth-order valence-electron chi connectivity index (χ4n) is 1.07. The molecular formula is C10H8ClN3O2. The molecule has 0 bridgehead atoms. The van der Waals surface area contributed by atoms with Crippen LogP contribution in [0.15, 0.2) is 36.8 Å². The summed E-state index contributed by atoms with van der Waals surface area (Å²) in [5.41, 5.74) is 0.684. The summed E-state index contributed by atoms with van der Waals surface area (Å²) in [7, 11) is 0. The Kier molecular flexibility index (Phi) is 3.90. The van der Waals surface area contributed by atoms with Crippen LogP contribution in [0.5, 0.6) is 0 Å². The molecule has 2 aromatic heterocycles. The van der Waals surface area contributed by atoms with Crippen LogP contribution in [0.2, 0.25) is 0 Å². The highest BCUT2D eigenvalue weighted by atomic mass is 35.5. The van der Waals surface area contributed by atoms with Crippen LogP contribution in [0.1, 0.15) is 10.4 Å². The van der Waals surface area contributed by atoms with Crippen LogP contribution < -0.4 is 0 Å². The van der Waals surface area contributed by atoms with Crippen molar-refractivity contribution in [1.82, 2.24) is 15.0 Å². The molecule has 0 spiro atoms. The maximum Gasteiger partial charge on any atom is 0.338 e. The zero-order chi connectivity index (χ0) is 10.7. The highest BCUT2D eigenvalue weighted by Crippen LogP contribution is 2.09. The zero-order valence-corrected chi connectivity index (χ0v) is 8.89. The Morgan fingerprint density at radius 2 is 1.81 bits per heavy atom. The Morgan fingerprint density at radius 1 is 1.12 bits per heavy atom. The van der Waals surface area contributed by atoms with Gasteiger partial charge in [0.15, 0.2) is 5.82 Å². The Labute approximate surface area is 97.6 Å². The fourth-order valence-corrected chi connectivity index (χ4v) is 1.07. The van der Waals surface area contributed by atoms with Crippen molar-refractivity contribution < 1.29 is 9.90 Å². The monoisotopic (exact) mass is 237 g/mol. The summed E-state index contributed by atoms with van der Waals surface area (Å²) in [5, 5.41) is 8.65. The van der Waals surface area contributed by atoms with E-state index >= 15 is 0 Å². The molecule has 2 aromatic rings. The van der Waals surface area contributed by atoms with E-state index in [0.29, 0.717) is 11.5 Å². The van der Waals surface area contributed by atoms with Crippen LogP contribution in [0.25, 0.3) is 11.5 Å². The van der Waals surface area contributed by atoms with Gasteiger partial charge in [0, 0.05) is 18.6 Å². The highest BCUT2D eigenvalue weighted by molar-refractivity contribution is 5.86. The molecule has 2 rings (SSSR count). The lowest BCUT2D eigenvalue weighted by molar-refractivity contribution is 0.0696. The molecule has 6 heteroatoms. The summed E-state index contributed by atoms with van der Waals surface area (Å²) >= 11 is 0. The van der Waals surface area contributed by atoms with E-state index in [1.807, 2.05) is 6.07 Å². The van der Waals surface area contributed by atoms with Crippen molar-refractivity contribution in [2.75, 3.05) is 0 Å². The standard InChI is InChI=1S/C10H7N3O2.ClH/c14-10(15)7-5-12-9(13-6-7)8-3-1-2-4-11-8;/h1-6H,(H,14,15);1H. The quantitative estimate of drug-likeness (QED) is 0.860. The summed E-state index contributed by atoms with van der Waals surface area (Å²) in [4.78, 5) is 22.4. The minimum absolute atomic E-state index is 0. The number of hydrogen-bond donors (Lipinski definition) is 1. The lowest BCUT2D eigenvalue weighted by atomic mass is 10.3. The first kappa shape index (κ1) is 12.1. The first-order chi connectivity index (χ1) is 7.27. The molecule has 0 amide bonds. The molecule has 0 aliphatic carbocycles. The van der Waals surface area contributed by atoms with Gasteiger partial charge in [0.1, 0.15) is 5.69 Å². The molecule has 0 saturated heterocycles. The smallest absolute Gasteiger partial charge is 0.338 e. The highest BCUT2D eigenvalue weighted by Gasteiger charge is 2.05. The predicted molar refractivity (Wildman–Crippen MR) is 59.5 cm³/mol. The van der Waals surface area contributed by atoms with Crippen LogP contribution in [0, 0.1) is 0 Å². The van der Waals surface area contributed by atoms with Crippen molar-refractivity contribution in [1.29, 1.82) is 0 Å². The molecule has 2 heterocycles. The van der Waals surface area contributed by atoms with Crippen molar-refractivity contribution in [3.8, 4) is 11.5 Å². The molecular weight excluding hydrogens is 230 g/mol. The summed E-state index contributed by atoms with van der Waals surface area (Å²) in [5.74, 6) is -0.622. The fraction of sp³-hybridized carbons (Fsp3) is 0. The maximum absolute atomic E-state index is 10.6. The zero-order valence-electron chi connectivity index (χ0n) is 8.07. The summed E-state index contributed by atoms with van der Waals surface area (Å²) in [6.45, 7) is 0. The predicted octanol–water partition coefficient (Wildman–Crippen LogP) is 1.66. The number of hydrogen-bond acceptors (Lipinski definition) is 4. The average molecular weight is 238 g/mol. The summed E-state index contributed by atoms with van der Waals surface area (Å²) in [6.07, 6.45) is 4.16. The van der Waals surface area contributed by atoms with Gasteiger partial charge in [-0.1, -0.05) is 6.07 Å². The Bertz CT molecular complexity index is 473. The number of aromatic carboxylic acids is 1. The number of rotatable bonds is 2. The summed E-state index contributed by atoms with van der Waals surface area (Å²) < 4.78 is 0. The van der Waals surface area contributed by atoms with Crippen LogP contribution in [0.3, 0.4) is 0 Å². The van der Waals surface area contributed by atoms with Gasteiger partial charge in [0.25, 0.3) is 0 Å². The molecule has 1 N–H and O–H groups in total. The number of nitrogens with zero attached hydrogens (tertiary/aromatic N) is 3. The Hall–Kier alpha value is -2.01. The lowest BCUT2D eigenvalue weighted by Gasteiger charge is -1.98. The topological polar surface area (TPSA) is 76.0 Å². The van der Waals surface area contributed by atoms with E-state index in [-0.39, 0.29) is 18.0 Å². The molecule has 5 nitrogen and oxygen atoms in total. The third-order valence-electron chi connectivity index (χ3n) is 1.79. The first-order valence-electron chi connectivity index (χ1n) is 4.24. The second kappa shape index (κ2) is 5.18. The number of carboxylic acids is 1. The second-order valence-corrected chi connectivity index (χ2v) is 2.82. The number of carbonyl (C=O) groups is 1. The largest absolute Gasteiger partial charge is 0.478 e. The number of pyridine rings is 1. The van der Waals surface area contributed by atoms with Gasteiger partial charge < -0.3 is 5.11 Å². The van der Waals surface area contributed by atoms with Gasteiger partial charge in [0.05, 0.1) is 5.56 Å². The van der Waals surface area contributed by atoms with Crippen molar-refractivity contribution in [3.05, 3.63) is 42.4 Å². The molecule has 82 valence electrons. The third kappa shape index (κ3) is 2.52. The molecule has 0 aliphatic heterocycles. The van der Waals surface area contributed by atoms with E-state index in [2.05, 4.69) is 15.0 Å².